The van der Waals surface area contributed by atoms with Gasteiger partial charge in [-0.3, -0.25) is 4.98 Å². The number of nitrogens with two attached hydrogens (primary N) is 1. The molecule has 2 aromatic heterocycles. The molecule has 0 bridgehead atoms. The van der Waals surface area contributed by atoms with E-state index in [2.05, 4.69) is 9.36 Å². The summed E-state index contributed by atoms with van der Waals surface area (Å²) in [6, 6.07) is 2.85. The van der Waals surface area contributed by atoms with Gasteiger partial charge in [0.15, 0.2) is 0 Å². The first-order valence-corrected chi connectivity index (χ1v) is 4.88. The van der Waals surface area contributed by atoms with E-state index in [1.807, 2.05) is 5.38 Å². The van der Waals surface area contributed by atoms with Gasteiger partial charge < -0.3 is 5.73 Å². The molecule has 5 heteroatoms. The molecule has 0 aliphatic rings. The van der Waals surface area contributed by atoms with Gasteiger partial charge in [-0.05, 0) is 23.7 Å². The summed E-state index contributed by atoms with van der Waals surface area (Å²) in [5.74, 6) is -0.395. The van der Waals surface area contributed by atoms with Crippen LogP contribution in [0.25, 0.3) is 0 Å². The second-order valence-corrected chi connectivity index (χ2v) is 3.46. The number of rotatable bonds is 2. The lowest BCUT2D eigenvalue weighted by Gasteiger charge is -2.09. The van der Waals surface area contributed by atoms with Crippen molar-refractivity contribution in [1.82, 2.24) is 9.36 Å². The highest BCUT2D eigenvalue weighted by atomic mass is 32.1. The van der Waals surface area contributed by atoms with Crippen LogP contribution in [0.2, 0.25) is 0 Å². The Bertz CT molecular complexity index is 416. The van der Waals surface area contributed by atoms with Gasteiger partial charge in [-0.1, -0.05) is 0 Å². The number of hydrogen-bond acceptors (Lipinski definition) is 4. The zero-order valence-electron chi connectivity index (χ0n) is 7.22. The molecule has 0 spiro atoms. The number of hydrogen-bond donors (Lipinski definition) is 1. The van der Waals surface area contributed by atoms with Gasteiger partial charge in [0.1, 0.15) is 5.82 Å². The van der Waals surface area contributed by atoms with Gasteiger partial charge in [0.2, 0.25) is 0 Å². The van der Waals surface area contributed by atoms with E-state index in [0.717, 1.165) is 6.20 Å². The lowest BCUT2D eigenvalue weighted by atomic mass is 10.1. The Morgan fingerprint density at radius 1 is 1.43 bits per heavy atom. The van der Waals surface area contributed by atoms with E-state index in [1.165, 1.54) is 17.7 Å². The molecule has 14 heavy (non-hydrogen) atoms. The molecule has 2 N–H and O–H groups in total. The Kier molecular flexibility index (Phi) is 2.51. The fourth-order valence-electron chi connectivity index (χ4n) is 1.18. The number of halogens is 1. The minimum atomic E-state index is -0.510. The van der Waals surface area contributed by atoms with Gasteiger partial charge in [0.05, 0.1) is 17.9 Å². The SMILES string of the molecule is NC(c1ccsn1)c1ccncc1F. The van der Waals surface area contributed by atoms with Gasteiger partial charge in [0, 0.05) is 17.1 Å². The fraction of sp³-hybridized carbons (Fsp3) is 0.111. The summed E-state index contributed by atoms with van der Waals surface area (Å²) >= 11 is 1.30. The number of nitrogens with zero attached hydrogens (tertiary/aromatic N) is 2. The summed E-state index contributed by atoms with van der Waals surface area (Å²) in [6.07, 6.45) is 2.67. The van der Waals surface area contributed by atoms with Crippen LogP contribution in [0.3, 0.4) is 0 Å². The summed E-state index contributed by atoms with van der Waals surface area (Å²) in [5.41, 5.74) is 6.94. The molecular formula is C9H8FN3S. The Morgan fingerprint density at radius 2 is 2.29 bits per heavy atom. The van der Waals surface area contributed by atoms with Crippen LogP contribution in [0, 0.1) is 5.82 Å². The van der Waals surface area contributed by atoms with Crippen molar-refractivity contribution in [2.75, 3.05) is 0 Å². The molecule has 72 valence electrons. The average molecular weight is 209 g/mol. The smallest absolute Gasteiger partial charge is 0.146 e. The molecule has 1 atom stereocenters. The summed E-state index contributed by atoms with van der Waals surface area (Å²) in [7, 11) is 0. The maximum atomic E-state index is 13.3. The van der Waals surface area contributed by atoms with Gasteiger partial charge in [-0.25, -0.2) is 4.39 Å². The van der Waals surface area contributed by atoms with Gasteiger partial charge >= 0.3 is 0 Å². The standard InChI is InChI=1S/C9H8FN3S/c10-7-5-12-3-1-6(7)9(11)8-2-4-14-13-8/h1-5,9H,11H2. The number of pyridine rings is 1. The summed E-state index contributed by atoms with van der Waals surface area (Å²) in [5, 5.41) is 1.81. The lowest BCUT2D eigenvalue weighted by molar-refractivity contribution is 0.591. The predicted molar refractivity (Wildman–Crippen MR) is 52.3 cm³/mol. The Hall–Kier alpha value is -1.33. The molecule has 0 aliphatic carbocycles. The van der Waals surface area contributed by atoms with E-state index in [9.17, 15) is 4.39 Å². The maximum absolute atomic E-state index is 13.3. The van der Waals surface area contributed by atoms with Crippen LogP contribution in [-0.4, -0.2) is 9.36 Å². The average Bonchev–Trinajstić information content (AvgIpc) is 2.70. The fourth-order valence-corrected chi connectivity index (χ4v) is 1.74. The molecule has 0 saturated carbocycles. The van der Waals surface area contributed by atoms with Gasteiger partial charge in [0.25, 0.3) is 0 Å². The van der Waals surface area contributed by atoms with Crippen LogP contribution < -0.4 is 5.73 Å². The molecule has 0 saturated heterocycles. The van der Waals surface area contributed by atoms with Gasteiger partial charge in [-0.2, -0.15) is 4.37 Å². The van der Waals surface area contributed by atoms with Crippen molar-refractivity contribution in [3.63, 3.8) is 0 Å². The molecule has 0 aromatic carbocycles. The van der Waals surface area contributed by atoms with E-state index < -0.39 is 11.9 Å². The molecule has 2 heterocycles. The summed E-state index contributed by atoms with van der Waals surface area (Å²) in [4.78, 5) is 3.66. The van der Waals surface area contributed by atoms with Crippen molar-refractivity contribution >= 4 is 11.5 Å². The van der Waals surface area contributed by atoms with E-state index >= 15 is 0 Å². The monoisotopic (exact) mass is 209 g/mol. The lowest BCUT2D eigenvalue weighted by Crippen LogP contribution is -2.13. The first-order valence-electron chi connectivity index (χ1n) is 4.04. The van der Waals surface area contributed by atoms with Crippen LogP contribution in [0.4, 0.5) is 4.39 Å². The molecule has 3 nitrogen and oxygen atoms in total. The molecule has 2 rings (SSSR count). The van der Waals surface area contributed by atoms with Crippen molar-refractivity contribution in [2.45, 2.75) is 6.04 Å². The van der Waals surface area contributed by atoms with Crippen molar-refractivity contribution < 1.29 is 4.39 Å². The summed E-state index contributed by atoms with van der Waals surface area (Å²) < 4.78 is 17.3. The van der Waals surface area contributed by atoms with Crippen LogP contribution >= 0.6 is 11.5 Å². The van der Waals surface area contributed by atoms with Crippen LogP contribution in [0.5, 0.6) is 0 Å². The Labute approximate surface area is 84.6 Å². The highest BCUT2D eigenvalue weighted by Crippen LogP contribution is 2.20. The highest BCUT2D eigenvalue weighted by molar-refractivity contribution is 7.03. The second kappa shape index (κ2) is 3.81. The third kappa shape index (κ3) is 1.64. The Balaban J connectivity index is 2.37. The molecular weight excluding hydrogens is 201 g/mol. The first kappa shape index (κ1) is 9.23. The molecule has 0 amide bonds. The number of aromatic nitrogens is 2. The van der Waals surface area contributed by atoms with E-state index in [4.69, 9.17) is 5.73 Å². The Morgan fingerprint density at radius 3 is 2.93 bits per heavy atom. The topological polar surface area (TPSA) is 51.8 Å². The zero-order chi connectivity index (χ0) is 9.97. The highest BCUT2D eigenvalue weighted by Gasteiger charge is 2.14. The van der Waals surface area contributed by atoms with E-state index in [0.29, 0.717) is 11.3 Å². The van der Waals surface area contributed by atoms with Crippen molar-refractivity contribution in [3.8, 4) is 0 Å². The summed E-state index contributed by atoms with van der Waals surface area (Å²) in [6.45, 7) is 0. The predicted octanol–water partition coefficient (Wildman–Crippen LogP) is 1.73. The van der Waals surface area contributed by atoms with Crippen LogP contribution in [0.1, 0.15) is 17.3 Å². The van der Waals surface area contributed by atoms with Crippen molar-refractivity contribution in [1.29, 1.82) is 0 Å². The minimum absolute atomic E-state index is 0.395. The van der Waals surface area contributed by atoms with Crippen LogP contribution in [-0.2, 0) is 0 Å². The second-order valence-electron chi connectivity index (χ2n) is 2.80. The van der Waals surface area contributed by atoms with E-state index in [-0.39, 0.29) is 0 Å². The molecule has 0 fully saturated rings. The van der Waals surface area contributed by atoms with Gasteiger partial charge in [-0.15, -0.1) is 0 Å². The third-order valence-electron chi connectivity index (χ3n) is 1.92. The maximum Gasteiger partial charge on any atom is 0.146 e. The van der Waals surface area contributed by atoms with E-state index in [1.54, 1.807) is 12.1 Å². The van der Waals surface area contributed by atoms with Crippen molar-refractivity contribution in [3.05, 3.63) is 47.0 Å². The molecule has 0 aliphatic heterocycles. The molecule has 0 radical (unpaired) electrons. The molecule has 2 aromatic rings. The van der Waals surface area contributed by atoms with Crippen molar-refractivity contribution in [2.24, 2.45) is 5.73 Å². The first-order chi connectivity index (χ1) is 6.79. The third-order valence-corrected chi connectivity index (χ3v) is 2.49. The molecule has 1 unspecified atom stereocenters. The minimum Gasteiger partial charge on any atom is -0.319 e. The normalized spacial score (nSPS) is 12.7. The largest absolute Gasteiger partial charge is 0.319 e. The van der Waals surface area contributed by atoms with Crippen LogP contribution in [0.15, 0.2) is 29.9 Å². The quantitative estimate of drug-likeness (QED) is 0.819. The zero-order valence-corrected chi connectivity index (χ0v) is 8.04.